The summed E-state index contributed by atoms with van der Waals surface area (Å²) < 4.78 is 42.3. The van der Waals surface area contributed by atoms with Crippen molar-refractivity contribution in [3.8, 4) is 28.7 Å². The molecule has 3 aromatic rings. The number of piperidine rings is 1. The zero-order valence-corrected chi connectivity index (χ0v) is 38.4. The lowest BCUT2D eigenvalue weighted by Gasteiger charge is -2.62. The fraction of sp³-hybridized carbons (Fsp3) is 0.490. The highest BCUT2D eigenvalue weighted by molar-refractivity contribution is 7.99. The lowest BCUT2D eigenvalue weighted by molar-refractivity contribution is -0.153. The number of hydrogen-bond acceptors (Lipinski definition) is 14. The van der Waals surface area contributed by atoms with Crippen molar-refractivity contribution in [2.24, 2.45) is 0 Å². The van der Waals surface area contributed by atoms with Crippen molar-refractivity contribution in [1.29, 1.82) is 5.26 Å². The molecule has 0 saturated carbocycles. The first-order valence-electron chi connectivity index (χ1n) is 21.8. The van der Waals surface area contributed by atoms with Crippen molar-refractivity contribution in [3.63, 3.8) is 0 Å². The maximum Gasteiger partial charge on any atom is 0.409 e. The number of rotatable bonds is 12. The third-order valence-electron chi connectivity index (χ3n) is 13.5. The molecule has 3 unspecified atom stereocenters. The van der Waals surface area contributed by atoms with Crippen LogP contribution in [0.3, 0.4) is 0 Å². The molecular weight excluding hydrogens is 837 g/mol. The van der Waals surface area contributed by atoms with Crippen LogP contribution in [0.25, 0.3) is 11.1 Å². The predicted octanol–water partition coefficient (Wildman–Crippen LogP) is 6.49. The number of fused-ring (bicyclic) bond motifs is 11. The van der Waals surface area contributed by atoms with Crippen molar-refractivity contribution in [2.75, 3.05) is 53.0 Å². The van der Waals surface area contributed by atoms with E-state index in [0.29, 0.717) is 29.4 Å². The van der Waals surface area contributed by atoms with Crippen LogP contribution in [-0.2, 0) is 34.9 Å². The van der Waals surface area contributed by atoms with E-state index < -0.39 is 53.5 Å². The molecule has 2 bridgehead atoms. The molecule has 3 aromatic carbocycles. The van der Waals surface area contributed by atoms with Gasteiger partial charge in [-0.2, -0.15) is 17.0 Å². The second kappa shape index (κ2) is 17.0. The van der Waals surface area contributed by atoms with Crippen molar-refractivity contribution >= 4 is 23.6 Å². The Morgan fingerprint density at radius 3 is 2.39 bits per heavy atom. The number of piperazine rings is 1. The quantitative estimate of drug-likeness (QED) is 0.190. The third kappa shape index (κ3) is 7.32. The number of likely N-dealkylation sites (N-methyl/N-ethyl adjacent to an activating group) is 1. The Balaban J connectivity index is 1.10. The van der Waals surface area contributed by atoms with Gasteiger partial charge in [-0.1, -0.05) is 54.6 Å². The van der Waals surface area contributed by atoms with Crippen LogP contribution in [0.5, 0.6) is 11.5 Å². The van der Waals surface area contributed by atoms with Crippen LogP contribution in [0.15, 0.2) is 77.3 Å². The van der Waals surface area contributed by atoms with Gasteiger partial charge in [-0.3, -0.25) is 19.9 Å². The molecular formula is C49H56N4O10S. The number of carbonyl (C=O) groups excluding carboxylic acids is 2. The zero-order valence-electron chi connectivity index (χ0n) is 37.6. The van der Waals surface area contributed by atoms with E-state index >= 15 is 0 Å². The molecule has 4 heterocycles. The average Bonchev–Trinajstić information content (AvgIpc) is 3.87. The first-order valence-corrected chi connectivity index (χ1v) is 22.9. The number of alkyl carbamates (subject to hydrolysis) is 1. The third-order valence-corrected chi connectivity index (χ3v) is 14.6. The summed E-state index contributed by atoms with van der Waals surface area (Å²) in [6.45, 7) is 8.69. The SMILES string of the molecule is COCOc1c(OC)c(C)cc2c1[C@@H]1C3CC4(O)C(=O)C(C)=C5OCOC5=C4[C@H](COC(CSCC4c5ccccc5-c5ccccc54)NC(=O)OC(C)(C)C)N3[C@@H](C#N)[C@H](C2)N1C. The molecule has 3 fully saturated rings. The van der Waals surface area contributed by atoms with E-state index in [9.17, 15) is 20.0 Å². The minimum atomic E-state index is -2.05. The normalized spacial score (nSPS) is 26.3. The fourth-order valence-corrected chi connectivity index (χ4v) is 12.2. The number of hydrogen-bond donors (Lipinski definition) is 2. The number of aliphatic hydroxyl groups is 1. The van der Waals surface area contributed by atoms with Gasteiger partial charge in [-0.05, 0) is 81.5 Å². The molecule has 0 spiro atoms. The lowest BCUT2D eigenvalue weighted by Crippen LogP contribution is -2.74. The topological polar surface area (TPSA) is 161 Å². The van der Waals surface area contributed by atoms with Gasteiger partial charge < -0.3 is 38.3 Å². The maximum absolute atomic E-state index is 14.7. The number of ether oxygens (including phenoxy) is 7. The molecule has 64 heavy (non-hydrogen) atoms. The number of ketones is 1. The van der Waals surface area contributed by atoms with Gasteiger partial charge in [0.2, 0.25) is 6.79 Å². The summed E-state index contributed by atoms with van der Waals surface area (Å²) >= 11 is 1.65. The molecule has 0 radical (unpaired) electrons. The summed E-state index contributed by atoms with van der Waals surface area (Å²) in [7, 11) is 5.13. The Morgan fingerprint density at radius 2 is 1.73 bits per heavy atom. The van der Waals surface area contributed by atoms with Crippen LogP contribution >= 0.6 is 11.8 Å². The van der Waals surface area contributed by atoms with Crippen LogP contribution in [0.4, 0.5) is 4.79 Å². The van der Waals surface area contributed by atoms with Crippen LogP contribution in [0.2, 0.25) is 0 Å². The van der Waals surface area contributed by atoms with Crippen LogP contribution in [0, 0.1) is 18.3 Å². The predicted molar refractivity (Wildman–Crippen MR) is 239 cm³/mol. The summed E-state index contributed by atoms with van der Waals surface area (Å²) in [5.74, 6) is 2.31. The molecule has 7 atom stereocenters. The van der Waals surface area contributed by atoms with E-state index in [-0.39, 0.29) is 61.2 Å². The van der Waals surface area contributed by atoms with Gasteiger partial charge >= 0.3 is 6.09 Å². The molecule has 2 N–H and O–H groups in total. The highest BCUT2D eigenvalue weighted by Gasteiger charge is 2.64. The van der Waals surface area contributed by atoms with Crippen molar-refractivity contribution < 1.29 is 47.9 Å². The molecule has 4 aliphatic heterocycles. The standard InChI is InChI=1S/C49H56N4O10S/c1-26-17-28-18-34-36(20-50)53-35(41(52(34)6)39(28)44(42(26)58-8)60-24-57-7)19-49(56)40(45-43(61-25-62-45)27(2)46(49)54)37(53)21-59-38(51-47(55)63-48(3,4)5)23-64-22-33-31-15-11-9-13-29(31)30-14-10-12-16-32(30)33/h9-17,33-38,41,56H,18-19,21-25H2,1-8H3,(H,51,55)/t34-,35?,36-,37-,38?,41-,49?/m0/s1. The number of carbonyl (C=O) groups is 2. The molecule has 0 aromatic heterocycles. The number of Topliss-reactive ketones (excluding diaryl/α,β-unsaturated/α-hetero) is 1. The van der Waals surface area contributed by atoms with Gasteiger partial charge in [0.25, 0.3) is 0 Å². The number of nitrogens with one attached hydrogen (secondary N) is 1. The van der Waals surface area contributed by atoms with E-state index in [1.807, 2.05) is 14.0 Å². The smallest absolute Gasteiger partial charge is 0.409 e. The second-order valence-corrected chi connectivity index (χ2v) is 19.5. The molecule has 14 nitrogen and oxygen atoms in total. The van der Waals surface area contributed by atoms with E-state index in [1.165, 1.54) is 22.3 Å². The molecule has 9 rings (SSSR count). The first-order chi connectivity index (χ1) is 30.7. The summed E-state index contributed by atoms with van der Waals surface area (Å²) in [5.41, 5.74) is 5.38. The zero-order chi connectivity index (χ0) is 45.2. The Morgan fingerprint density at radius 1 is 1.05 bits per heavy atom. The van der Waals surface area contributed by atoms with Crippen LogP contribution in [0.1, 0.15) is 73.9 Å². The first kappa shape index (κ1) is 44.1. The number of methoxy groups -OCH3 is 2. The van der Waals surface area contributed by atoms with Gasteiger partial charge in [-0.15, -0.1) is 0 Å². The number of nitrogens with zero attached hydrogens (tertiary/aromatic N) is 3. The Kier molecular flexibility index (Phi) is 11.8. The number of thioether (sulfide) groups is 1. The van der Waals surface area contributed by atoms with E-state index in [0.717, 1.165) is 16.7 Å². The Bertz CT molecular complexity index is 2430. The molecule has 338 valence electrons. The number of benzene rings is 3. The largest absolute Gasteiger partial charge is 0.493 e. The monoisotopic (exact) mass is 892 g/mol. The summed E-state index contributed by atoms with van der Waals surface area (Å²) in [4.78, 5) is 32.4. The Labute approximate surface area is 378 Å². The highest BCUT2D eigenvalue weighted by atomic mass is 32.2. The van der Waals surface area contributed by atoms with Gasteiger partial charge in [-0.25, -0.2) is 4.79 Å². The molecule has 1 amide bonds. The summed E-state index contributed by atoms with van der Waals surface area (Å²) in [6.07, 6.45) is -1.08. The number of nitriles is 1. The maximum atomic E-state index is 14.7. The highest BCUT2D eigenvalue weighted by Crippen LogP contribution is 2.57. The van der Waals surface area contributed by atoms with Gasteiger partial charge in [0.1, 0.15) is 17.9 Å². The average molecular weight is 893 g/mol. The van der Waals surface area contributed by atoms with Gasteiger partial charge in [0, 0.05) is 59.7 Å². The van der Waals surface area contributed by atoms with Crippen molar-refractivity contribution in [2.45, 2.75) is 101 Å². The van der Waals surface area contributed by atoms with Crippen molar-refractivity contribution in [3.05, 3.63) is 105 Å². The van der Waals surface area contributed by atoms with Gasteiger partial charge in [0.15, 0.2) is 41.2 Å². The molecule has 15 heteroatoms. The Hall–Kier alpha value is -5.08. The van der Waals surface area contributed by atoms with E-state index in [4.69, 9.17) is 33.2 Å². The van der Waals surface area contributed by atoms with E-state index in [2.05, 4.69) is 75.8 Å². The summed E-state index contributed by atoms with van der Waals surface area (Å²) in [6, 6.07) is 18.6. The second-order valence-electron chi connectivity index (χ2n) is 18.4. The number of amides is 1. The van der Waals surface area contributed by atoms with E-state index in [1.54, 1.807) is 53.7 Å². The van der Waals surface area contributed by atoms with Crippen molar-refractivity contribution in [1.82, 2.24) is 15.1 Å². The number of aryl methyl sites for hydroxylation is 1. The molecule has 2 aliphatic carbocycles. The molecule has 3 saturated heterocycles. The minimum Gasteiger partial charge on any atom is -0.493 e. The lowest BCUT2D eigenvalue weighted by atomic mass is 9.65. The minimum absolute atomic E-state index is 0.0373. The van der Waals surface area contributed by atoms with Crippen LogP contribution < -0.4 is 14.8 Å². The fourth-order valence-electron chi connectivity index (χ4n) is 11.0. The van der Waals surface area contributed by atoms with Gasteiger partial charge in [0.05, 0.1) is 31.9 Å². The van der Waals surface area contributed by atoms with Crippen LogP contribution in [-0.4, -0.2) is 121 Å². The molecule has 6 aliphatic rings. The summed E-state index contributed by atoms with van der Waals surface area (Å²) in [5, 5.41) is 27.3.